The molecule has 13 rings (SSSR count). The fraction of sp³-hybridized carbons (Fsp3) is 0.0938. The van der Waals surface area contributed by atoms with Crippen molar-refractivity contribution >= 4 is 60.3 Å². The van der Waals surface area contributed by atoms with Crippen molar-refractivity contribution in [1.29, 1.82) is 0 Å². The second-order valence-electron chi connectivity index (χ2n) is 18.7. The standard InChI is InChI=1S/C64H48N2/c1-64(2)60-40-48(33-35-55(60)56-36-34-49(41-61(56)64)66-62-31-13-11-28-57(62)58-29-12-14-32-63(58)66)65(46-22-6-3-18-43(37-46)51-30-16-20-42-17-4-7-24-50(42)51)47-23-15-21-44(38-47)59-39-45-19-5-8-25-52(45)53-26-9-10-27-54(53)59/h3-5,7-15,17-19,21-41H,6,16,20H2,1-2H3. The van der Waals surface area contributed by atoms with Crippen LogP contribution in [-0.2, 0) is 11.8 Å². The highest BCUT2D eigenvalue weighted by atomic mass is 15.1. The fourth-order valence-electron chi connectivity index (χ4n) is 11.5. The average Bonchev–Trinajstić information content (AvgIpc) is 3.67. The van der Waals surface area contributed by atoms with Crippen molar-refractivity contribution in [3.63, 3.8) is 0 Å². The minimum Gasteiger partial charge on any atom is -0.311 e. The van der Waals surface area contributed by atoms with Crippen LogP contribution in [0.15, 0.2) is 230 Å². The number of hydrogen-bond acceptors (Lipinski definition) is 1. The number of benzene rings is 9. The van der Waals surface area contributed by atoms with Gasteiger partial charge in [-0.05, 0) is 157 Å². The smallest absolute Gasteiger partial charge is 0.0541 e. The van der Waals surface area contributed by atoms with Gasteiger partial charge in [0.05, 0.1) is 11.0 Å². The Morgan fingerprint density at radius 1 is 0.500 bits per heavy atom. The lowest BCUT2D eigenvalue weighted by molar-refractivity contribution is 0.660. The Bertz CT molecular complexity index is 3720. The van der Waals surface area contributed by atoms with Crippen LogP contribution in [0.2, 0.25) is 0 Å². The van der Waals surface area contributed by atoms with Crippen LogP contribution in [-0.4, -0.2) is 4.57 Å². The summed E-state index contributed by atoms with van der Waals surface area (Å²) < 4.78 is 2.44. The van der Waals surface area contributed by atoms with E-state index in [9.17, 15) is 0 Å². The van der Waals surface area contributed by atoms with Gasteiger partial charge in [0.15, 0.2) is 0 Å². The maximum atomic E-state index is 2.51. The Hall–Kier alpha value is -7.94. The first-order valence-electron chi connectivity index (χ1n) is 23.5. The molecule has 1 heterocycles. The predicted octanol–water partition coefficient (Wildman–Crippen LogP) is 17.0. The Balaban J connectivity index is 0.972. The van der Waals surface area contributed by atoms with Crippen molar-refractivity contribution < 1.29 is 0 Å². The zero-order valence-electron chi connectivity index (χ0n) is 37.3. The van der Waals surface area contributed by atoms with Gasteiger partial charge in [-0.2, -0.15) is 0 Å². The summed E-state index contributed by atoms with van der Waals surface area (Å²) in [7, 11) is 0. The molecule has 9 aromatic carbocycles. The summed E-state index contributed by atoms with van der Waals surface area (Å²) in [6.45, 7) is 4.82. The lowest BCUT2D eigenvalue weighted by Gasteiger charge is -2.30. The number of aromatic nitrogens is 1. The number of hydrogen-bond donors (Lipinski definition) is 0. The Kier molecular flexibility index (Phi) is 8.80. The van der Waals surface area contributed by atoms with E-state index in [1.807, 2.05) is 0 Å². The quantitative estimate of drug-likeness (QED) is 0.151. The molecule has 10 aromatic rings. The summed E-state index contributed by atoms with van der Waals surface area (Å²) in [6, 6.07) is 70.1. The molecular formula is C64H48N2. The third-order valence-electron chi connectivity index (χ3n) is 14.6. The van der Waals surface area contributed by atoms with Gasteiger partial charge in [-0.3, -0.25) is 0 Å². The van der Waals surface area contributed by atoms with Crippen molar-refractivity contribution in [2.24, 2.45) is 0 Å². The van der Waals surface area contributed by atoms with Crippen LogP contribution in [0.5, 0.6) is 0 Å². The van der Waals surface area contributed by atoms with E-state index < -0.39 is 0 Å². The lowest BCUT2D eigenvalue weighted by Crippen LogP contribution is -2.19. The van der Waals surface area contributed by atoms with E-state index in [0.29, 0.717) is 0 Å². The summed E-state index contributed by atoms with van der Waals surface area (Å²) in [6.07, 6.45) is 14.9. The molecule has 314 valence electrons. The lowest BCUT2D eigenvalue weighted by atomic mass is 9.82. The third kappa shape index (κ3) is 6.02. The Morgan fingerprint density at radius 2 is 1.17 bits per heavy atom. The van der Waals surface area contributed by atoms with E-state index in [-0.39, 0.29) is 5.41 Å². The second-order valence-corrected chi connectivity index (χ2v) is 18.7. The summed E-state index contributed by atoms with van der Waals surface area (Å²) in [5.41, 5.74) is 20.0. The number of aryl methyl sites for hydroxylation is 1. The highest BCUT2D eigenvalue weighted by Gasteiger charge is 2.37. The molecule has 0 bridgehead atoms. The molecule has 0 amide bonds. The SMILES string of the molecule is CC1(C)c2cc(N(C3=CCC=CC(C4=CCCc5ccccc54)=C3)c3cccc(-c4cc5ccccc5c5ccccc45)c3)ccc2-c2ccc(-n3c4ccccc4c4ccccc43)cc21. The van der Waals surface area contributed by atoms with Crippen LogP contribution in [0.1, 0.15) is 48.9 Å². The minimum atomic E-state index is -0.246. The average molecular weight is 845 g/mol. The van der Waals surface area contributed by atoms with Gasteiger partial charge < -0.3 is 9.47 Å². The van der Waals surface area contributed by atoms with Gasteiger partial charge >= 0.3 is 0 Å². The molecule has 0 radical (unpaired) electrons. The van der Waals surface area contributed by atoms with Gasteiger partial charge in [-0.15, -0.1) is 0 Å². The monoisotopic (exact) mass is 844 g/mol. The number of anilines is 2. The molecule has 3 aliphatic rings. The molecule has 66 heavy (non-hydrogen) atoms. The highest BCUT2D eigenvalue weighted by Crippen LogP contribution is 2.52. The molecule has 0 aliphatic heterocycles. The van der Waals surface area contributed by atoms with Crippen molar-refractivity contribution in [1.82, 2.24) is 4.57 Å². The molecule has 0 saturated carbocycles. The van der Waals surface area contributed by atoms with Gasteiger partial charge in [0.2, 0.25) is 0 Å². The van der Waals surface area contributed by atoms with Crippen LogP contribution >= 0.6 is 0 Å². The number of fused-ring (bicyclic) bond motifs is 10. The topological polar surface area (TPSA) is 8.17 Å². The van der Waals surface area contributed by atoms with E-state index in [4.69, 9.17) is 0 Å². The van der Waals surface area contributed by atoms with Crippen molar-refractivity contribution in [3.8, 4) is 27.9 Å². The van der Waals surface area contributed by atoms with Crippen LogP contribution in [0.3, 0.4) is 0 Å². The van der Waals surface area contributed by atoms with Crippen LogP contribution < -0.4 is 4.90 Å². The summed E-state index contributed by atoms with van der Waals surface area (Å²) in [4.78, 5) is 2.51. The van der Waals surface area contributed by atoms with E-state index in [1.54, 1.807) is 0 Å². The van der Waals surface area contributed by atoms with Crippen molar-refractivity contribution in [2.45, 2.75) is 38.5 Å². The molecule has 0 atom stereocenters. The second kappa shape index (κ2) is 15.1. The van der Waals surface area contributed by atoms with Crippen LogP contribution in [0, 0.1) is 0 Å². The molecule has 0 saturated heterocycles. The minimum absolute atomic E-state index is 0.246. The molecule has 0 N–H and O–H groups in total. The molecule has 2 heteroatoms. The molecule has 0 fully saturated rings. The van der Waals surface area contributed by atoms with Crippen molar-refractivity contribution in [3.05, 3.63) is 252 Å². The predicted molar refractivity (Wildman–Crippen MR) is 280 cm³/mol. The summed E-state index contributed by atoms with van der Waals surface area (Å²) >= 11 is 0. The van der Waals surface area contributed by atoms with Gasteiger partial charge in [0.1, 0.15) is 0 Å². The van der Waals surface area contributed by atoms with E-state index >= 15 is 0 Å². The number of rotatable bonds is 6. The first kappa shape index (κ1) is 38.5. The zero-order chi connectivity index (χ0) is 43.9. The van der Waals surface area contributed by atoms with Crippen molar-refractivity contribution in [2.75, 3.05) is 4.90 Å². The zero-order valence-corrected chi connectivity index (χ0v) is 37.3. The van der Waals surface area contributed by atoms with Crippen LogP contribution in [0.4, 0.5) is 11.4 Å². The Labute approximate surface area is 386 Å². The van der Waals surface area contributed by atoms with E-state index in [0.717, 1.165) is 30.6 Å². The largest absolute Gasteiger partial charge is 0.311 e. The van der Waals surface area contributed by atoms with Gasteiger partial charge in [-0.1, -0.05) is 172 Å². The normalized spacial score (nSPS) is 15.0. The molecule has 0 unspecified atom stereocenters. The van der Waals surface area contributed by atoms with Gasteiger partial charge in [0.25, 0.3) is 0 Å². The maximum absolute atomic E-state index is 2.51. The fourth-order valence-corrected chi connectivity index (χ4v) is 11.5. The molecular weight excluding hydrogens is 797 g/mol. The summed E-state index contributed by atoms with van der Waals surface area (Å²) in [5.74, 6) is 0. The van der Waals surface area contributed by atoms with Gasteiger partial charge in [-0.25, -0.2) is 0 Å². The molecule has 1 aromatic heterocycles. The molecule has 2 nitrogen and oxygen atoms in total. The van der Waals surface area contributed by atoms with Crippen LogP contribution in [0.25, 0.3) is 76.9 Å². The first-order valence-corrected chi connectivity index (χ1v) is 23.5. The number of nitrogens with zero attached hydrogens (tertiary/aromatic N) is 2. The third-order valence-corrected chi connectivity index (χ3v) is 14.6. The van der Waals surface area contributed by atoms with E-state index in [2.05, 4.69) is 242 Å². The molecule has 3 aliphatic carbocycles. The number of allylic oxidation sites excluding steroid dienone is 7. The molecule has 0 spiro atoms. The van der Waals surface area contributed by atoms with E-state index in [1.165, 1.54) is 110 Å². The Morgan fingerprint density at radius 3 is 1.98 bits per heavy atom. The maximum Gasteiger partial charge on any atom is 0.0541 e. The summed E-state index contributed by atoms with van der Waals surface area (Å²) in [5, 5.41) is 7.64. The number of para-hydroxylation sites is 2. The van der Waals surface area contributed by atoms with Gasteiger partial charge in [0, 0.05) is 38.9 Å². The highest BCUT2D eigenvalue weighted by molar-refractivity contribution is 6.14. The first-order chi connectivity index (χ1) is 32.5.